The molecule has 146 valence electrons. The standard InChI is InChI=1S/C20H17N.C7H10O/c1-2-15-11-13-16(14-12-15)21-19-9-5-3-7-17(19)18-8-4-6-10-20(18)21;1-8-7-5-3-2-4-6-7/h3-14H,2H2,1H3;3,5-6H,2,4H2,1H3. The highest BCUT2D eigenvalue weighted by atomic mass is 16.5. The van der Waals surface area contributed by atoms with Gasteiger partial charge < -0.3 is 9.30 Å². The molecule has 4 aromatic rings. The highest BCUT2D eigenvalue weighted by Gasteiger charge is 2.10. The SMILES string of the molecule is CCc1ccc(-n2c3ccccc3c3ccccc32)cc1.COC1=CCCC=C1. The second-order valence-corrected chi connectivity index (χ2v) is 7.18. The molecule has 0 N–H and O–H groups in total. The lowest BCUT2D eigenvalue weighted by molar-refractivity contribution is 0.303. The number of aryl methyl sites for hydroxylation is 1. The predicted octanol–water partition coefficient (Wildman–Crippen LogP) is 7.21. The molecule has 0 unspecified atom stereocenters. The van der Waals surface area contributed by atoms with E-state index in [-0.39, 0.29) is 0 Å². The first kappa shape index (κ1) is 19.1. The molecule has 0 radical (unpaired) electrons. The fourth-order valence-corrected chi connectivity index (χ4v) is 3.82. The van der Waals surface area contributed by atoms with Crippen molar-refractivity contribution >= 4 is 21.8 Å². The van der Waals surface area contributed by atoms with Gasteiger partial charge in [-0.3, -0.25) is 0 Å². The lowest BCUT2D eigenvalue weighted by Crippen LogP contribution is -1.93. The van der Waals surface area contributed by atoms with Crippen molar-refractivity contribution in [1.82, 2.24) is 4.57 Å². The van der Waals surface area contributed by atoms with E-state index in [0.29, 0.717) is 0 Å². The van der Waals surface area contributed by atoms with Gasteiger partial charge in [-0.2, -0.15) is 0 Å². The molecule has 1 aromatic heterocycles. The number of fused-ring (bicyclic) bond motifs is 3. The van der Waals surface area contributed by atoms with Crippen molar-refractivity contribution in [3.8, 4) is 5.69 Å². The van der Waals surface area contributed by atoms with Crippen LogP contribution in [0, 0.1) is 0 Å². The summed E-state index contributed by atoms with van der Waals surface area (Å²) in [4.78, 5) is 0. The Kier molecular flexibility index (Phi) is 5.81. The van der Waals surface area contributed by atoms with Crippen LogP contribution < -0.4 is 0 Å². The summed E-state index contributed by atoms with van der Waals surface area (Å²) in [5.74, 6) is 0.997. The Balaban J connectivity index is 0.000000216. The van der Waals surface area contributed by atoms with Gasteiger partial charge in [0.15, 0.2) is 0 Å². The van der Waals surface area contributed by atoms with Gasteiger partial charge in [0.25, 0.3) is 0 Å². The average Bonchev–Trinajstić information content (AvgIpc) is 3.15. The predicted molar refractivity (Wildman–Crippen MR) is 124 cm³/mol. The number of rotatable bonds is 3. The third kappa shape index (κ3) is 3.97. The molecular weight excluding hydrogens is 354 g/mol. The smallest absolute Gasteiger partial charge is 0.114 e. The maximum atomic E-state index is 4.97. The van der Waals surface area contributed by atoms with E-state index in [4.69, 9.17) is 4.74 Å². The number of nitrogens with zero attached hydrogens (tertiary/aromatic N) is 1. The lowest BCUT2D eigenvalue weighted by Gasteiger charge is -2.08. The molecule has 0 aliphatic heterocycles. The Hall–Kier alpha value is -3.26. The molecule has 2 nitrogen and oxygen atoms in total. The number of benzene rings is 3. The lowest BCUT2D eigenvalue weighted by atomic mass is 10.1. The molecular formula is C27H27NO. The summed E-state index contributed by atoms with van der Waals surface area (Å²) in [6, 6.07) is 26.1. The van der Waals surface area contributed by atoms with Crippen molar-refractivity contribution in [3.05, 3.63) is 102 Å². The Bertz CT molecular complexity index is 1110. The number of aromatic nitrogens is 1. The van der Waals surface area contributed by atoms with E-state index in [1.165, 1.54) is 33.1 Å². The summed E-state index contributed by atoms with van der Waals surface area (Å²) in [6.07, 6.45) is 9.59. The number of methoxy groups -OCH3 is 1. The summed E-state index contributed by atoms with van der Waals surface area (Å²) in [7, 11) is 1.70. The molecule has 0 saturated heterocycles. The molecule has 0 amide bonds. The van der Waals surface area contributed by atoms with E-state index in [1.54, 1.807) is 7.11 Å². The van der Waals surface area contributed by atoms with Crippen molar-refractivity contribution in [3.63, 3.8) is 0 Å². The van der Waals surface area contributed by atoms with Crippen LogP contribution in [0.4, 0.5) is 0 Å². The van der Waals surface area contributed by atoms with Crippen LogP contribution in [-0.4, -0.2) is 11.7 Å². The van der Waals surface area contributed by atoms with Crippen LogP contribution in [0.25, 0.3) is 27.5 Å². The van der Waals surface area contributed by atoms with Gasteiger partial charge in [-0.05, 0) is 61.2 Å². The van der Waals surface area contributed by atoms with Crippen LogP contribution in [0.15, 0.2) is 96.8 Å². The van der Waals surface area contributed by atoms with Gasteiger partial charge in [0.2, 0.25) is 0 Å². The second kappa shape index (κ2) is 8.83. The zero-order valence-electron chi connectivity index (χ0n) is 17.1. The minimum Gasteiger partial charge on any atom is -0.497 e. The molecule has 0 saturated carbocycles. The summed E-state index contributed by atoms with van der Waals surface area (Å²) in [5.41, 5.74) is 5.13. The molecule has 1 aliphatic carbocycles. The van der Waals surface area contributed by atoms with Crippen molar-refractivity contribution in [2.45, 2.75) is 26.2 Å². The molecule has 5 rings (SSSR count). The van der Waals surface area contributed by atoms with Gasteiger partial charge in [-0.25, -0.2) is 0 Å². The molecule has 0 bridgehead atoms. The number of hydrogen-bond donors (Lipinski definition) is 0. The molecule has 0 spiro atoms. The van der Waals surface area contributed by atoms with Gasteiger partial charge in [-0.1, -0.05) is 61.5 Å². The number of hydrogen-bond acceptors (Lipinski definition) is 1. The Morgan fingerprint density at radius 3 is 1.90 bits per heavy atom. The van der Waals surface area contributed by atoms with Crippen molar-refractivity contribution in [1.29, 1.82) is 0 Å². The van der Waals surface area contributed by atoms with Gasteiger partial charge >= 0.3 is 0 Å². The third-order valence-electron chi connectivity index (χ3n) is 5.38. The van der Waals surface area contributed by atoms with E-state index < -0.39 is 0 Å². The molecule has 2 heteroatoms. The first-order valence-electron chi connectivity index (χ1n) is 10.3. The van der Waals surface area contributed by atoms with Gasteiger partial charge in [-0.15, -0.1) is 0 Å². The van der Waals surface area contributed by atoms with Crippen LogP contribution in [0.5, 0.6) is 0 Å². The van der Waals surface area contributed by atoms with Crippen molar-refractivity contribution in [2.75, 3.05) is 7.11 Å². The number of para-hydroxylation sites is 2. The normalized spacial score (nSPS) is 13.1. The van der Waals surface area contributed by atoms with E-state index >= 15 is 0 Å². The largest absolute Gasteiger partial charge is 0.497 e. The van der Waals surface area contributed by atoms with Crippen molar-refractivity contribution in [2.24, 2.45) is 0 Å². The van der Waals surface area contributed by atoms with E-state index in [2.05, 4.69) is 96.4 Å². The van der Waals surface area contributed by atoms with E-state index in [9.17, 15) is 0 Å². The molecule has 0 atom stereocenters. The van der Waals surface area contributed by atoms with Crippen LogP contribution in [0.3, 0.4) is 0 Å². The Labute approximate surface area is 172 Å². The fourth-order valence-electron chi connectivity index (χ4n) is 3.82. The zero-order valence-corrected chi connectivity index (χ0v) is 17.1. The molecule has 0 fully saturated rings. The third-order valence-corrected chi connectivity index (χ3v) is 5.38. The first-order chi connectivity index (χ1) is 14.3. The minimum absolute atomic E-state index is 0.997. The molecule has 29 heavy (non-hydrogen) atoms. The molecule has 1 heterocycles. The summed E-state index contributed by atoms with van der Waals surface area (Å²) in [5, 5.41) is 2.63. The Morgan fingerprint density at radius 1 is 0.793 bits per heavy atom. The summed E-state index contributed by atoms with van der Waals surface area (Å²) < 4.78 is 7.32. The van der Waals surface area contributed by atoms with Crippen LogP contribution in [-0.2, 0) is 11.2 Å². The zero-order chi connectivity index (χ0) is 20.1. The monoisotopic (exact) mass is 381 g/mol. The molecule has 1 aliphatic rings. The Morgan fingerprint density at radius 2 is 1.41 bits per heavy atom. The topological polar surface area (TPSA) is 14.2 Å². The summed E-state index contributed by atoms with van der Waals surface area (Å²) >= 11 is 0. The summed E-state index contributed by atoms with van der Waals surface area (Å²) in [6.45, 7) is 2.19. The minimum atomic E-state index is 0.997. The van der Waals surface area contributed by atoms with Crippen molar-refractivity contribution < 1.29 is 4.74 Å². The number of ether oxygens (including phenoxy) is 1. The molecule has 3 aromatic carbocycles. The first-order valence-corrected chi connectivity index (χ1v) is 10.3. The van der Waals surface area contributed by atoms with E-state index in [1.807, 2.05) is 6.08 Å². The van der Waals surface area contributed by atoms with Crippen LogP contribution in [0.1, 0.15) is 25.3 Å². The van der Waals surface area contributed by atoms with Gasteiger partial charge in [0, 0.05) is 16.5 Å². The maximum absolute atomic E-state index is 4.97. The highest BCUT2D eigenvalue weighted by molar-refractivity contribution is 6.09. The maximum Gasteiger partial charge on any atom is 0.114 e. The highest BCUT2D eigenvalue weighted by Crippen LogP contribution is 2.31. The second-order valence-electron chi connectivity index (χ2n) is 7.18. The quantitative estimate of drug-likeness (QED) is 0.365. The fraction of sp³-hybridized carbons (Fsp3) is 0.185. The average molecular weight is 382 g/mol. The van der Waals surface area contributed by atoms with Gasteiger partial charge in [0.05, 0.1) is 18.1 Å². The van der Waals surface area contributed by atoms with Crippen LogP contribution in [0.2, 0.25) is 0 Å². The van der Waals surface area contributed by atoms with Crippen LogP contribution >= 0.6 is 0 Å². The van der Waals surface area contributed by atoms with Gasteiger partial charge in [0.1, 0.15) is 5.76 Å². The van der Waals surface area contributed by atoms with E-state index in [0.717, 1.165) is 25.0 Å². The number of allylic oxidation sites excluding steroid dienone is 3.